The topological polar surface area (TPSA) is 136 Å². The minimum absolute atomic E-state index is 0.0326. The molecule has 1 fully saturated rings. The van der Waals surface area contributed by atoms with E-state index in [9.17, 15) is 19.7 Å². The van der Waals surface area contributed by atoms with E-state index in [1.54, 1.807) is 0 Å². The molecule has 1 unspecified atom stereocenters. The number of anilines is 1. The number of rotatable bonds is 4. The lowest BCUT2D eigenvalue weighted by Crippen LogP contribution is -2.46. The van der Waals surface area contributed by atoms with Crippen LogP contribution in [0.3, 0.4) is 0 Å². The number of morpholine rings is 1. The van der Waals surface area contributed by atoms with Crippen LogP contribution in [-0.2, 0) is 9.53 Å². The van der Waals surface area contributed by atoms with Gasteiger partial charge >= 0.3 is 5.97 Å². The molecule has 1 aromatic rings. The molecule has 0 aliphatic carbocycles. The van der Waals surface area contributed by atoms with E-state index in [0.717, 1.165) is 0 Å². The van der Waals surface area contributed by atoms with Gasteiger partial charge in [-0.3, -0.25) is 19.7 Å². The summed E-state index contributed by atoms with van der Waals surface area (Å²) < 4.78 is 5.28. The third kappa shape index (κ3) is 3.31. The Morgan fingerprint density at radius 3 is 2.86 bits per heavy atom. The number of nitrogens with two attached hydrogens (primary N) is 1. The van der Waals surface area contributed by atoms with Gasteiger partial charge in [-0.25, -0.2) is 0 Å². The van der Waals surface area contributed by atoms with Crippen LogP contribution in [0.4, 0.5) is 11.4 Å². The van der Waals surface area contributed by atoms with Crippen molar-refractivity contribution in [2.75, 3.05) is 25.4 Å². The van der Waals surface area contributed by atoms with Crippen molar-refractivity contribution in [2.45, 2.75) is 12.5 Å². The zero-order valence-electron chi connectivity index (χ0n) is 11.6. The van der Waals surface area contributed by atoms with E-state index in [1.165, 1.54) is 23.1 Å². The van der Waals surface area contributed by atoms with Gasteiger partial charge in [-0.05, 0) is 6.07 Å². The summed E-state index contributed by atoms with van der Waals surface area (Å²) in [4.78, 5) is 34.8. The molecular weight excluding hydrogens is 294 g/mol. The van der Waals surface area contributed by atoms with Gasteiger partial charge in [0.25, 0.3) is 11.6 Å². The molecule has 9 heteroatoms. The highest BCUT2D eigenvalue weighted by Gasteiger charge is 2.29. The SMILES string of the molecule is Nc1c(C(=O)N2CCOC(CC(=O)O)C2)cccc1[N+](=O)[O-]. The molecule has 3 N–H and O–H groups in total. The number of nitrogens with zero attached hydrogens (tertiary/aromatic N) is 2. The molecule has 0 spiro atoms. The van der Waals surface area contributed by atoms with Crippen LogP contribution in [0.25, 0.3) is 0 Å². The molecule has 1 aliphatic rings. The van der Waals surface area contributed by atoms with Gasteiger partial charge in [0.05, 0.1) is 29.6 Å². The summed E-state index contributed by atoms with van der Waals surface area (Å²) in [5, 5.41) is 19.6. The number of ether oxygens (including phenoxy) is 1. The quantitative estimate of drug-likeness (QED) is 0.469. The number of carboxylic acid groups (broad SMARTS) is 1. The van der Waals surface area contributed by atoms with E-state index in [2.05, 4.69) is 0 Å². The van der Waals surface area contributed by atoms with Gasteiger partial charge in [0, 0.05) is 19.2 Å². The molecule has 1 heterocycles. The first-order valence-electron chi connectivity index (χ1n) is 6.55. The third-order valence-corrected chi connectivity index (χ3v) is 3.34. The van der Waals surface area contributed by atoms with Gasteiger partial charge in [0.1, 0.15) is 5.69 Å². The number of para-hydroxylation sites is 1. The lowest BCUT2D eigenvalue weighted by Gasteiger charge is -2.32. The summed E-state index contributed by atoms with van der Waals surface area (Å²) in [6.45, 7) is 0.586. The van der Waals surface area contributed by atoms with Crippen molar-refractivity contribution in [1.82, 2.24) is 4.90 Å². The Morgan fingerprint density at radius 2 is 2.23 bits per heavy atom. The first-order valence-corrected chi connectivity index (χ1v) is 6.55. The Hall–Kier alpha value is -2.68. The summed E-state index contributed by atoms with van der Waals surface area (Å²) in [6.07, 6.45) is -0.816. The second kappa shape index (κ2) is 6.39. The van der Waals surface area contributed by atoms with Gasteiger partial charge in [-0.2, -0.15) is 0 Å². The number of hydrogen-bond donors (Lipinski definition) is 2. The van der Waals surface area contributed by atoms with Crippen LogP contribution in [0, 0.1) is 10.1 Å². The Bertz CT molecular complexity index is 618. The monoisotopic (exact) mass is 309 g/mol. The first kappa shape index (κ1) is 15.7. The molecule has 0 saturated carbocycles. The Kier molecular flexibility index (Phi) is 4.56. The summed E-state index contributed by atoms with van der Waals surface area (Å²) in [5.74, 6) is -1.49. The fraction of sp³-hybridized carbons (Fsp3) is 0.385. The van der Waals surface area contributed by atoms with E-state index < -0.39 is 22.9 Å². The highest BCUT2D eigenvalue weighted by Crippen LogP contribution is 2.26. The fourth-order valence-electron chi connectivity index (χ4n) is 2.29. The van der Waals surface area contributed by atoms with Gasteiger partial charge in [0.2, 0.25) is 0 Å². The molecule has 9 nitrogen and oxygen atoms in total. The second-order valence-electron chi connectivity index (χ2n) is 4.84. The Morgan fingerprint density at radius 1 is 1.50 bits per heavy atom. The zero-order chi connectivity index (χ0) is 16.3. The maximum atomic E-state index is 12.4. The van der Waals surface area contributed by atoms with Crippen molar-refractivity contribution < 1.29 is 24.4 Å². The summed E-state index contributed by atoms with van der Waals surface area (Å²) in [6, 6.07) is 4.02. The van der Waals surface area contributed by atoms with Crippen molar-refractivity contribution in [1.29, 1.82) is 0 Å². The average molecular weight is 309 g/mol. The van der Waals surface area contributed by atoms with Crippen molar-refractivity contribution in [3.8, 4) is 0 Å². The molecule has 0 bridgehead atoms. The fourth-order valence-corrected chi connectivity index (χ4v) is 2.29. The van der Waals surface area contributed by atoms with Gasteiger partial charge in [-0.15, -0.1) is 0 Å². The van der Waals surface area contributed by atoms with E-state index in [1.807, 2.05) is 0 Å². The van der Waals surface area contributed by atoms with Gasteiger partial charge < -0.3 is 20.5 Å². The minimum Gasteiger partial charge on any atom is -0.481 e. The predicted molar refractivity (Wildman–Crippen MR) is 75.4 cm³/mol. The van der Waals surface area contributed by atoms with Crippen molar-refractivity contribution in [3.05, 3.63) is 33.9 Å². The van der Waals surface area contributed by atoms with Crippen LogP contribution < -0.4 is 5.73 Å². The standard InChI is InChI=1S/C13H15N3O6/c14-12-9(2-1-3-10(12)16(20)21)13(19)15-4-5-22-8(7-15)6-11(17)18/h1-3,8H,4-7,14H2,(H,17,18). The lowest BCUT2D eigenvalue weighted by molar-refractivity contribution is -0.383. The number of carboxylic acids is 1. The smallest absolute Gasteiger partial charge is 0.306 e. The number of hydrogen-bond acceptors (Lipinski definition) is 6. The Balaban J connectivity index is 2.19. The summed E-state index contributed by atoms with van der Waals surface area (Å²) in [5.41, 5.74) is 5.20. The highest BCUT2D eigenvalue weighted by molar-refractivity contribution is 6.01. The molecule has 1 saturated heterocycles. The minimum atomic E-state index is -1.02. The number of amides is 1. The number of carbonyl (C=O) groups is 2. The zero-order valence-corrected chi connectivity index (χ0v) is 11.6. The van der Waals surface area contributed by atoms with E-state index in [4.69, 9.17) is 15.6 Å². The molecule has 0 aromatic heterocycles. The molecule has 1 atom stereocenters. The Labute approximate surface area is 125 Å². The molecule has 1 aliphatic heterocycles. The first-order chi connectivity index (χ1) is 10.4. The van der Waals surface area contributed by atoms with Crippen LogP contribution in [0.15, 0.2) is 18.2 Å². The number of benzene rings is 1. The van der Waals surface area contributed by atoms with Crippen LogP contribution in [0.2, 0.25) is 0 Å². The predicted octanol–water partition coefficient (Wildman–Crippen LogP) is 0.493. The summed E-state index contributed by atoms with van der Waals surface area (Å²) >= 11 is 0. The number of aliphatic carboxylic acids is 1. The van der Waals surface area contributed by atoms with Crippen molar-refractivity contribution in [3.63, 3.8) is 0 Å². The molecule has 118 valence electrons. The molecule has 22 heavy (non-hydrogen) atoms. The molecule has 1 aromatic carbocycles. The van der Waals surface area contributed by atoms with Crippen LogP contribution in [-0.4, -0.2) is 52.6 Å². The molecule has 1 amide bonds. The molecule has 0 radical (unpaired) electrons. The number of nitrogen functional groups attached to an aromatic ring is 1. The van der Waals surface area contributed by atoms with Gasteiger partial charge in [0.15, 0.2) is 0 Å². The number of nitro benzene ring substituents is 1. The largest absolute Gasteiger partial charge is 0.481 e. The van der Waals surface area contributed by atoms with E-state index >= 15 is 0 Å². The normalized spacial score (nSPS) is 18.0. The average Bonchev–Trinajstić information content (AvgIpc) is 2.46. The van der Waals surface area contributed by atoms with Gasteiger partial charge in [-0.1, -0.05) is 6.07 Å². The lowest BCUT2D eigenvalue weighted by atomic mass is 10.1. The second-order valence-corrected chi connectivity index (χ2v) is 4.84. The maximum Gasteiger partial charge on any atom is 0.306 e. The van der Waals surface area contributed by atoms with E-state index in [0.29, 0.717) is 0 Å². The van der Waals surface area contributed by atoms with Crippen molar-refractivity contribution >= 4 is 23.3 Å². The third-order valence-electron chi connectivity index (χ3n) is 3.34. The number of carbonyl (C=O) groups excluding carboxylic acids is 1. The maximum absolute atomic E-state index is 12.4. The molecular formula is C13H15N3O6. The number of nitro groups is 1. The molecule has 2 rings (SSSR count). The van der Waals surface area contributed by atoms with Crippen LogP contribution in [0.1, 0.15) is 16.8 Å². The van der Waals surface area contributed by atoms with Crippen molar-refractivity contribution in [2.24, 2.45) is 0 Å². The summed E-state index contributed by atoms with van der Waals surface area (Å²) in [7, 11) is 0. The van der Waals surface area contributed by atoms with E-state index in [-0.39, 0.29) is 43.1 Å². The highest BCUT2D eigenvalue weighted by atomic mass is 16.6. The van der Waals surface area contributed by atoms with Crippen LogP contribution >= 0.6 is 0 Å². The van der Waals surface area contributed by atoms with Crippen LogP contribution in [0.5, 0.6) is 0 Å².